The SMILES string of the molecule is CCOC(=O)c1c(CS(=O)(=O)c2ccccc2C)ccc(-c2ccoc2)c1OC. The molecule has 0 spiro atoms. The Morgan fingerprint density at radius 1 is 1.10 bits per heavy atom. The van der Waals surface area contributed by atoms with Crippen molar-refractivity contribution in [3.05, 3.63) is 71.7 Å². The average Bonchev–Trinajstić information content (AvgIpc) is 3.22. The number of ether oxygens (including phenoxy) is 2. The van der Waals surface area contributed by atoms with Crippen LogP contribution < -0.4 is 4.74 Å². The van der Waals surface area contributed by atoms with Gasteiger partial charge in [-0.3, -0.25) is 0 Å². The van der Waals surface area contributed by atoms with Crippen LogP contribution in [0.25, 0.3) is 11.1 Å². The van der Waals surface area contributed by atoms with Crippen LogP contribution in [-0.2, 0) is 20.3 Å². The zero-order valence-corrected chi connectivity index (χ0v) is 17.3. The number of methoxy groups -OCH3 is 1. The summed E-state index contributed by atoms with van der Waals surface area (Å²) in [6.45, 7) is 3.58. The molecule has 0 aliphatic carbocycles. The molecule has 3 aromatic rings. The summed E-state index contributed by atoms with van der Waals surface area (Å²) in [5.74, 6) is -0.736. The molecule has 1 aromatic heterocycles. The monoisotopic (exact) mass is 414 g/mol. The Hall–Kier alpha value is -3.06. The van der Waals surface area contributed by atoms with Gasteiger partial charge in [0.25, 0.3) is 0 Å². The maximum absolute atomic E-state index is 13.1. The van der Waals surface area contributed by atoms with Gasteiger partial charge in [0, 0.05) is 11.1 Å². The minimum atomic E-state index is -3.69. The molecular formula is C22H22O6S. The van der Waals surface area contributed by atoms with Crippen LogP contribution in [0.2, 0.25) is 0 Å². The Kier molecular flexibility index (Phi) is 6.08. The summed E-state index contributed by atoms with van der Waals surface area (Å²) < 4.78 is 42.0. The van der Waals surface area contributed by atoms with E-state index in [2.05, 4.69) is 0 Å². The fraction of sp³-hybridized carbons (Fsp3) is 0.227. The fourth-order valence-electron chi connectivity index (χ4n) is 3.22. The second-order valence-corrected chi connectivity index (χ2v) is 8.40. The highest BCUT2D eigenvalue weighted by molar-refractivity contribution is 7.90. The summed E-state index contributed by atoms with van der Waals surface area (Å²) in [7, 11) is -2.26. The highest BCUT2D eigenvalue weighted by Gasteiger charge is 2.27. The molecular weight excluding hydrogens is 392 g/mol. The van der Waals surface area contributed by atoms with E-state index in [-0.39, 0.29) is 28.6 Å². The van der Waals surface area contributed by atoms with Crippen LogP contribution in [0.1, 0.15) is 28.4 Å². The van der Waals surface area contributed by atoms with Gasteiger partial charge in [0.15, 0.2) is 9.84 Å². The van der Waals surface area contributed by atoms with E-state index in [1.165, 1.54) is 19.6 Å². The van der Waals surface area contributed by atoms with E-state index in [0.717, 1.165) is 0 Å². The van der Waals surface area contributed by atoms with Gasteiger partial charge in [-0.15, -0.1) is 0 Å². The van der Waals surface area contributed by atoms with Crippen LogP contribution in [-0.4, -0.2) is 28.1 Å². The zero-order valence-electron chi connectivity index (χ0n) is 16.5. The van der Waals surface area contributed by atoms with Crippen molar-refractivity contribution in [2.24, 2.45) is 0 Å². The Morgan fingerprint density at radius 3 is 2.48 bits per heavy atom. The van der Waals surface area contributed by atoms with Crippen molar-refractivity contribution < 1.29 is 27.1 Å². The van der Waals surface area contributed by atoms with Crippen LogP contribution in [0.15, 0.2) is 64.3 Å². The molecule has 1 heterocycles. The molecule has 0 amide bonds. The quantitative estimate of drug-likeness (QED) is 0.533. The van der Waals surface area contributed by atoms with E-state index >= 15 is 0 Å². The molecule has 152 valence electrons. The summed E-state index contributed by atoms with van der Waals surface area (Å²) in [5, 5.41) is 0. The molecule has 2 aromatic carbocycles. The van der Waals surface area contributed by atoms with Gasteiger partial charge in [0.1, 0.15) is 11.3 Å². The molecule has 0 saturated carbocycles. The second kappa shape index (κ2) is 8.53. The van der Waals surface area contributed by atoms with Gasteiger partial charge in [0.05, 0.1) is 36.9 Å². The Morgan fingerprint density at radius 2 is 1.86 bits per heavy atom. The number of furan rings is 1. The minimum Gasteiger partial charge on any atom is -0.495 e. The van der Waals surface area contributed by atoms with Crippen LogP contribution >= 0.6 is 0 Å². The molecule has 6 nitrogen and oxygen atoms in total. The van der Waals surface area contributed by atoms with Crippen molar-refractivity contribution in [2.45, 2.75) is 24.5 Å². The number of hydrogen-bond donors (Lipinski definition) is 0. The van der Waals surface area contributed by atoms with Gasteiger partial charge in [-0.2, -0.15) is 0 Å². The molecule has 3 rings (SSSR count). The van der Waals surface area contributed by atoms with Crippen LogP contribution in [0, 0.1) is 6.92 Å². The van der Waals surface area contributed by atoms with Crippen molar-refractivity contribution in [2.75, 3.05) is 13.7 Å². The van der Waals surface area contributed by atoms with E-state index < -0.39 is 15.8 Å². The fourth-order valence-corrected chi connectivity index (χ4v) is 4.87. The zero-order chi connectivity index (χ0) is 21.0. The van der Waals surface area contributed by atoms with E-state index in [1.807, 2.05) is 0 Å². The molecule has 0 bridgehead atoms. The van der Waals surface area contributed by atoms with Crippen LogP contribution in [0.5, 0.6) is 5.75 Å². The number of carbonyl (C=O) groups excluding carboxylic acids is 1. The highest BCUT2D eigenvalue weighted by Crippen LogP contribution is 2.37. The second-order valence-electron chi connectivity index (χ2n) is 6.44. The smallest absolute Gasteiger partial charge is 0.342 e. The Bertz CT molecular complexity index is 1110. The number of carbonyl (C=O) groups is 1. The lowest BCUT2D eigenvalue weighted by molar-refractivity contribution is 0.0522. The van der Waals surface area contributed by atoms with E-state index in [4.69, 9.17) is 13.9 Å². The first-order valence-corrected chi connectivity index (χ1v) is 10.7. The van der Waals surface area contributed by atoms with E-state index in [9.17, 15) is 13.2 Å². The third-order valence-electron chi connectivity index (χ3n) is 4.53. The lowest BCUT2D eigenvalue weighted by Crippen LogP contribution is -2.14. The summed E-state index contributed by atoms with van der Waals surface area (Å²) >= 11 is 0. The summed E-state index contributed by atoms with van der Waals surface area (Å²) in [6.07, 6.45) is 3.03. The number of benzene rings is 2. The predicted octanol–water partition coefficient (Wildman–Crippen LogP) is 4.41. The molecule has 0 radical (unpaired) electrons. The average molecular weight is 414 g/mol. The summed E-state index contributed by atoms with van der Waals surface area (Å²) in [6, 6.07) is 11.8. The predicted molar refractivity (Wildman–Crippen MR) is 109 cm³/mol. The first kappa shape index (κ1) is 20.7. The molecule has 0 atom stereocenters. The van der Waals surface area contributed by atoms with Gasteiger partial charge in [0.2, 0.25) is 0 Å². The molecule has 0 N–H and O–H groups in total. The lowest BCUT2D eigenvalue weighted by atomic mass is 9.99. The van der Waals surface area contributed by atoms with Crippen molar-refractivity contribution >= 4 is 15.8 Å². The minimum absolute atomic E-state index is 0.102. The van der Waals surface area contributed by atoms with E-state index in [0.29, 0.717) is 22.3 Å². The molecule has 0 fully saturated rings. The van der Waals surface area contributed by atoms with Gasteiger partial charge in [-0.25, -0.2) is 13.2 Å². The van der Waals surface area contributed by atoms with Crippen molar-refractivity contribution in [3.8, 4) is 16.9 Å². The molecule has 0 aliphatic heterocycles. The van der Waals surface area contributed by atoms with Gasteiger partial charge >= 0.3 is 5.97 Å². The maximum Gasteiger partial charge on any atom is 0.342 e. The number of rotatable bonds is 7. The van der Waals surface area contributed by atoms with E-state index in [1.54, 1.807) is 56.3 Å². The largest absolute Gasteiger partial charge is 0.495 e. The topological polar surface area (TPSA) is 82.8 Å². The van der Waals surface area contributed by atoms with Crippen LogP contribution in [0.4, 0.5) is 0 Å². The Balaban J connectivity index is 2.16. The first-order valence-electron chi connectivity index (χ1n) is 9.07. The van der Waals surface area contributed by atoms with Crippen molar-refractivity contribution in [1.82, 2.24) is 0 Å². The number of esters is 1. The number of aryl methyl sites for hydroxylation is 1. The van der Waals surface area contributed by atoms with Crippen molar-refractivity contribution in [3.63, 3.8) is 0 Å². The molecule has 7 heteroatoms. The number of hydrogen-bond acceptors (Lipinski definition) is 6. The van der Waals surface area contributed by atoms with Gasteiger partial charge in [-0.05, 0) is 37.1 Å². The van der Waals surface area contributed by atoms with Crippen LogP contribution in [0.3, 0.4) is 0 Å². The first-order chi connectivity index (χ1) is 13.9. The third-order valence-corrected chi connectivity index (χ3v) is 6.35. The normalized spacial score (nSPS) is 11.3. The maximum atomic E-state index is 13.1. The summed E-state index contributed by atoms with van der Waals surface area (Å²) in [4.78, 5) is 13.0. The van der Waals surface area contributed by atoms with Gasteiger partial charge < -0.3 is 13.9 Å². The molecule has 29 heavy (non-hydrogen) atoms. The van der Waals surface area contributed by atoms with Gasteiger partial charge in [-0.1, -0.05) is 30.3 Å². The molecule has 0 unspecified atom stereocenters. The molecule has 0 aliphatic rings. The summed E-state index contributed by atoms with van der Waals surface area (Å²) in [5.41, 5.74) is 2.38. The molecule has 0 saturated heterocycles. The third kappa shape index (κ3) is 4.19. The lowest BCUT2D eigenvalue weighted by Gasteiger charge is -2.17. The standard InChI is InChI=1S/C22H22O6S/c1-4-28-22(23)20-17(14-29(24,25)19-8-6-5-7-15(19)2)9-10-18(21(20)26-3)16-11-12-27-13-16/h5-13H,4,14H2,1-3H3. The van der Waals surface area contributed by atoms with Crippen molar-refractivity contribution in [1.29, 1.82) is 0 Å². The Labute approximate surface area is 170 Å². The highest BCUT2D eigenvalue weighted by atomic mass is 32.2. The number of sulfone groups is 1.